The van der Waals surface area contributed by atoms with E-state index in [1.165, 1.54) is 0 Å². The molecule has 16 heavy (non-hydrogen) atoms. The van der Waals surface area contributed by atoms with Crippen LogP contribution in [-0.4, -0.2) is 18.1 Å². The van der Waals surface area contributed by atoms with Crippen molar-refractivity contribution < 1.29 is 10.2 Å². The molecule has 0 spiro atoms. The smallest absolute Gasteiger partial charge is 0.126 e. The van der Waals surface area contributed by atoms with Gasteiger partial charge in [-0.05, 0) is 35.6 Å². The Bertz CT molecular complexity index is 547. The molecular formula is C13H13BO2. The van der Waals surface area contributed by atoms with E-state index < -0.39 is 0 Å². The van der Waals surface area contributed by atoms with Gasteiger partial charge in [-0.1, -0.05) is 24.9 Å². The average molecular weight is 212 g/mol. The molecule has 2 aromatic carbocycles. The number of hydrogen-bond donors (Lipinski definition) is 2. The summed E-state index contributed by atoms with van der Waals surface area (Å²) in [6, 6.07) is 7.06. The maximum absolute atomic E-state index is 10.1. The van der Waals surface area contributed by atoms with Gasteiger partial charge >= 0.3 is 0 Å². The second kappa shape index (κ2) is 3.74. The number of fused-ring (bicyclic) bond motifs is 1. The van der Waals surface area contributed by atoms with Gasteiger partial charge < -0.3 is 10.2 Å². The van der Waals surface area contributed by atoms with E-state index in [1.54, 1.807) is 25.1 Å². The van der Waals surface area contributed by atoms with Crippen molar-refractivity contribution >= 4 is 18.6 Å². The summed E-state index contributed by atoms with van der Waals surface area (Å²) in [6.45, 7) is 3.63. The minimum absolute atomic E-state index is 0.204. The van der Waals surface area contributed by atoms with Gasteiger partial charge in [0.15, 0.2) is 0 Å². The van der Waals surface area contributed by atoms with Gasteiger partial charge in [-0.3, -0.25) is 0 Å². The van der Waals surface area contributed by atoms with Crippen LogP contribution in [0.3, 0.4) is 0 Å². The van der Waals surface area contributed by atoms with Gasteiger partial charge in [0.05, 0.1) is 7.85 Å². The highest BCUT2D eigenvalue weighted by molar-refractivity contribution is 6.13. The molecule has 0 aliphatic rings. The normalized spacial score (nSPS) is 12.9. The molecule has 2 N–H and O–H groups in total. The predicted molar refractivity (Wildman–Crippen MR) is 66.2 cm³/mol. The van der Waals surface area contributed by atoms with Crippen LogP contribution in [0, 0.1) is 6.92 Å². The molecular weight excluding hydrogens is 199 g/mol. The van der Waals surface area contributed by atoms with Gasteiger partial charge in [-0.25, -0.2) is 0 Å². The van der Waals surface area contributed by atoms with Crippen LogP contribution in [0.1, 0.15) is 23.9 Å². The summed E-state index contributed by atoms with van der Waals surface area (Å²) in [4.78, 5) is 0. The van der Waals surface area contributed by atoms with Crippen molar-refractivity contribution in [2.75, 3.05) is 0 Å². The molecule has 0 saturated heterocycles. The minimum Gasteiger partial charge on any atom is -0.508 e. The molecule has 0 aliphatic carbocycles. The fourth-order valence-corrected chi connectivity index (χ4v) is 1.84. The van der Waals surface area contributed by atoms with Crippen molar-refractivity contribution in [1.82, 2.24) is 0 Å². The first kappa shape index (κ1) is 10.9. The first-order chi connectivity index (χ1) is 7.50. The fraction of sp³-hybridized carbons (Fsp3) is 0.231. The Morgan fingerprint density at radius 3 is 2.50 bits per heavy atom. The molecule has 80 valence electrons. The highest BCUT2D eigenvalue weighted by Gasteiger charge is 2.10. The van der Waals surface area contributed by atoms with E-state index in [4.69, 9.17) is 7.85 Å². The number of benzene rings is 2. The molecule has 2 nitrogen and oxygen atoms in total. The second-order valence-electron chi connectivity index (χ2n) is 4.15. The van der Waals surface area contributed by atoms with Crippen LogP contribution in [-0.2, 0) is 0 Å². The number of aromatic hydroxyl groups is 2. The third-order valence-electron chi connectivity index (χ3n) is 2.83. The maximum atomic E-state index is 10.1. The number of aryl methyl sites for hydroxylation is 1. The summed E-state index contributed by atoms with van der Waals surface area (Å²) in [7, 11) is 5.76. The maximum Gasteiger partial charge on any atom is 0.126 e. The van der Waals surface area contributed by atoms with Gasteiger partial charge in [-0.15, -0.1) is 0 Å². The largest absolute Gasteiger partial charge is 0.508 e. The van der Waals surface area contributed by atoms with Crippen LogP contribution in [0.2, 0.25) is 0 Å². The number of rotatable bonds is 1. The Hall–Kier alpha value is -1.64. The Labute approximate surface area is 95.9 Å². The highest BCUT2D eigenvalue weighted by Crippen LogP contribution is 2.35. The Morgan fingerprint density at radius 1 is 1.19 bits per heavy atom. The zero-order valence-electron chi connectivity index (χ0n) is 9.36. The molecule has 0 bridgehead atoms. The molecule has 2 radical (unpaired) electrons. The molecule has 2 aromatic rings. The number of phenols is 2. The first-order valence-corrected chi connectivity index (χ1v) is 5.21. The lowest BCUT2D eigenvalue weighted by Gasteiger charge is -2.12. The summed E-state index contributed by atoms with van der Waals surface area (Å²) in [6.07, 6.45) is 0. The van der Waals surface area contributed by atoms with Crippen molar-refractivity contribution in [3.8, 4) is 11.5 Å². The Balaban J connectivity index is 2.79. The van der Waals surface area contributed by atoms with Crippen LogP contribution < -0.4 is 0 Å². The molecule has 1 unspecified atom stereocenters. The van der Waals surface area contributed by atoms with E-state index in [9.17, 15) is 10.2 Å². The first-order valence-electron chi connectivity index (χ1n) is 5.21. The van der Waals surface area contributed by atoms with Crippen molar-refractivity contribution in [2.45, 2.75) is 19.7 Å². The van der Waals surface area contributed by atoms with Gasteiger partial charge in [0, 0.05) is 5.39 Å². The zero-order chi connectivity index (χ0) is 11.9. The minimum atomic E-state index is -0.210. The Kier molecular flexibility index (Phi) is 2.54. The summed E-state index contributed by atoms with van der Waals surface area (Å²) < 4.78 is 0. The van der Waals surface area contributed by atoms with E-state index >= 15 is 0 Å². The van der Waals surface area contributed by atoms with Crippen molar-refractivity contribution in [1.29, 1.82) is 0 Å². The quantitative estimate of drug-likeness (QED) is 0.713. The predicted octanol–water partition coefficient (Wildman–Crippen LogP) is 2.79. The van der Waals surface area contributed by atoms with Crippen molar-refractivity contribution in [2.24, 2.45) is 0 Å². The summed E-state index contributed by atoms with van der Waals surface area (Å²) in [5, 5.41) is 21.2. The highest BCUT2D eigenvalue weighted by atomic mass is 16.3. The molecule has 0 aliphatic heterocycles. The van der Waals surface area contributed by atoms with Crippen LogP contribution in [0.15, 0.2) is 24.3 Å². The van der Waals surface area contributed by atoms with E-state index in [0.29, 0.717) is 0 Å². The lowest BCUT2D eigenvalue weighted by Crippen LogP contribution is -1.93. The van der Waals surface area contributed by atoms with E-state index in [1.807, 2.05) is 13.0 Å². The fourth-order valence-electron chi connectivity index (χ4n) is 1.84. The molecule has 3 heteroatoms. The monoisotopic (exact) mass is 212 g/mol. The van der Waals surface area contributed by atoms with Crippen molar-refractivity contribution in [3.05, 3.63) is 35.4 Å². The molecule has 0 amide bonds. The van der Waals surface area contributed by atoms with Gasteiger partial charge in [0.2, 0.25) is 0 Å². The van der Waals surface area contributed by atoms with Gasteiger partial charge in [0.1, 0.15) is 11.5 Å². The van der Waals surface area contributed by atoms with Crippen LogP contribution in [0.4, 0.5) is 0 Å². The van der Waals surface area contributed by atoms with Gasteiger partial charge in [-0.2, -0.15) is 0 Å². The van der Waals surface area contributed by atoms with Gasteiger partial charge in [0.25, 0.3) is 0 Å². The third-order valence-corrected chi connectivity index (χ3v) is 2.83. The van der Waals surface area contributed by atoms with Crippen molar-refractivity contribution in [3.63, 3.8) is 0 Å². The molecule has 2 rings (SSSR count). The summed E-state index contributed by atoms with van der Waals surface area (Å²) >= 11 is 0. The average Bonchev–Trinajstić information content (AvgIpc) is 2.21. The van der Waals surface area contributed by atoms with E-state index in [2.05, 4.69) is 0 Å². The zero-order valence-corrected chi connectivity index (χ0v) is 9.36. The molecule has 0 aromatic heterocycles. The van der Waals surface area contributed by atoms with Crippen LogP contribution in [0.25, 0.3) is 10.8 Å². The summed E-state index contributed by atoms with van der Waals surface area (Å²) in [5.74, 6) is 0.231. The molecule has 0 saturated carbocycles. The molecule has 0 fully saturated rings. The van der Waals surface area contributed by atoms with Crippen LogP contribution >= 0.6 is 0 Å². The third kappa shape index (κ3) is 1.62. The lowest BCUT2D eigenvalue weighted by atomic mass is 9.81. The van der Waals surface area contributed by atoms with E-state index in [0.717, 1.165) is 21.9 Å². The lowest BCUT2D eigenvalue weighted by molar-refractivity contribution is 0.470. The topological polar surface area (TPSA) is 40.5 Å². The SMILES string of the molecule is [B]C(C)c1ccc2cc(O)c(C)cc2c1O. The Morgan fingerprint density at radius 2 is 1.88 bits per heavy atom. The molecule has 0 heterocycles. The molecule has 1 atom stereocenters. The number of phenolic OH excluding ortho intramolecular Hbond substituents is 2. The number of hydrogen-bond acceptors (Lipinski definition) is 2. The van der Waals surface area contributed by atoms with Crippen LogP contribution in [0.5, 0.6) is 11.5 Å². The summed E-state index contributed by atoms with van der Waals surface area (Å²) in [5.41, 5.74) is 1.46. The standard InChI is InChI=1S/C13H13BO2/c1-7-5-11-9(6-12(7)15)3-4-10(8(2)14)13(11)16/h3-6,8,15-16H,1-2H3. The second-order valence-corrected chi connectivity index (χ2v) is 4.15. The van der Waals surface area contributed by atoms with E-state index in [-0.39, 0.29) is 17.3 Å².